The van der Waals surface area contributed by atoms with Crippen LogP contribution in [0.5, 0.6) is 5.75 Å². The number of rotatable bonds is 4. The number of fused-ring (bicyclic) bond motifs is 2. The van der Waals surface area contributed by atoms with Crippen LogP contribution < -0.4 is 5.11 Å². The summed E-state index contributed by atoms with van der Waals surface area (Å²) in [7, 11) is -9.64. The van der Waals surface area contributed by atoms with Crippen molar-refractivity contribution in [2.75, 3.05) is 0 Å². The molecule has 4 aromatic carbocycles. The minimum Gasteiger partial charge on any atom is -0.871 e. The SMILES string of the molecule is O=S(=O)([O-])c1ccc2cc(N=Nc3c([O-])ccc4ccccc34)cc(S(=O)(=O)O)c2c1.[Ba+2]. The minimum atomic E-state index is -4.84. The molecular weight excluding hydrogens is 582 g/mol. The second-order valence-corrected chi connectivity index (χ2v) is 9.36. The smallest absolute Gasteiger partial charge is 0.871 e. The van der Waals surface area contributed by atoms with Gasteiger partial charge in [0, 0.05) is 10.8 Å². The summed E-state index contributed by atoms with van der Waals surface area (Å²) in [5.74, 6) is -0.386. The van der Waals surface area contributed by atoms with Gasteiger partial charge in [0.05, 0.1) is 16.3 Å². The number of hydrogen-bond donors (Lipinski definition) is 1. The van der Waals surface area contributed by atoms with Gasteiger partial charge in [-0.1, -0.05) is 48.2 Å². The normalized spacial score (nSPS) is 12.3. The molecule has 0 bridgehead atoms. The average Bonchev–Trinajstić information content (AvgIpc) is 2.70. The first kappa shape index (κ1) is 24.8. The summed E-state index contributed by atoms with van der Waals surface area (Å²) in [6.07, 6.45) is 0. The Bertz CT molecular complexity index is 1600. The topological polar surface area (TPSA) is 159 Å². The van der Waals surface area contributed by atoms with Crippen LogP contribution in [0.2, 0.25) is 0 Å². The van der Waals surface area contributed by atoms with E-state index in [0.29, 0.717) is 5.39 Å². The Labute approximate surface area is 223 Å². The van der Waals surface area contributed by atoms with E-state index in [1.807, 2.05) is 0 Å². The molecule has 4 rings (SSSR count). The molecule has 0 aromatic heterocycles. The molecule has 12 heteroatoms. The third-order valence-electron chi connectivity index (χ3n) is 4.57. The van der Waals surface area contributed by atoms with Crippen molar-refractivity contribution in [3.63, 3.8) is 0 Å². The van der Waals surface area contributed by atoms with Crippen molar-refractivity contribution in [3.8, 4) is 5.75 Å². The fraction of sp³-hybridized carbons (Fsp3) is 0. The molecule has 0 aliphatic carbocycles. The summed E-state index contributed by atoms with van der Waals surface area (Å²) >= 11 is 0. The third kappa shape index (κ3) is 5.06. The van der Waals surface area contributed by atoms with Gasteiger partial charge in [0.1, 0.15) is 15.0 Å². The summed E-state index contributed by atoms with van der Waals surface area (Å²) in [6, 6.07) is 15.4. The fourth-order valence-corrected chi connectivity index (χ4v) is 4.38. The molecule has 0 heterocycles. The summed E-state index contributed by atoms with van der Waals surface area (Å²) in [5, 5.41) is 21.5. The van der Waals surface area contributed by atoms with E-state index in [4.69, 9.17) is 0 Å². The van der Waals surface area contributed by atoms with E-state index in [1.165, 1.54) is 18.2 Å². The van der Waals surface area contributed by atoms with Crippen molar-refractivity contribution in [2.24, 2.45) is 10.2 Å². The van der Waals surface area contributed by atoms with E-state index >= 15 is 0 Å². The Morgan fingerprint density at radius 1 is 0.781 bits per heavy atom. The van der Waals surface area contributed by atoms with Crippen LogP contribution in [-0.2, 0) is 20.2 Å². The van der Waals surface area contributed by atoms with E-state index < -0.39 is 30.0 Å². The van der Waals surface area contributed by atoms with Crippen LogP contribution in [0.15, 0.2) is 86.7 Å². The molecule has 0 unspecified atom stereocenters. The molecule has 32 heavy (non-hydrogen) atoms. The Morgan fingerprint density at radius 3 is 2.16 bits per heavy atom. The van der Waals surface area contributed by atoms with Gasteiger partial charge in [-0.2, -0.15) is 18.6 Å². The van der Waals surface area contributed by atoms with Gasteiger partial charge in [-0.15, -0.1) is 0 Å². The quantitative estimate of drug-likeness (QED) is 0.216. The Hall–Kier alpha value is -1.81. The standard InChI is InChI=1S/C20H14N2O7S2.Ba/c23-18-8-6-12-3-1-2-4-16(12)20(18)22-21-14-9-13-5-7-15(30(24,25)26)11-17(13)19(10-14)31(27,28)29;/h1-11,23H,(H,24,25,26)(H,27,28,29);/q;+2/p-2. The number of nitrogens with zero attached hydrogens (tertiary/aromatic N) is 2. The summed E-state index contributed by atoms with van der Waals surface area (Å²) in [6.45, 7) is 0. The minimum absolute atomic E-state index is 0. The number of benzene rings is 4. The van der Waals surface area contributed by atoms with Gasteiger partial charge >= 0.3 is 48.9 Å². The fourth-order valence-electron chi connectivity index (χ4n) is 3.16. The first-order valence-electron chi connectivity index (χ1n) is 8.66. The predicted molar refractivity (Wildman–Crippen MR) is 115 cm³/mol. The maximum absolute atomic E-state index is 12.2. The third-order valence-corrected chi connectivity index (χ3v) is 6.29. The van der Waals surface area contributed by atoms with Gasteiger partial charge in [-0.05, 0) is 35.0 Å². The Balaban J connectivity index is 0.00000289. The van der Waals surface area contributed by atoms with Crippen LogP contribution in [0, 0.1) is 0 Å². The van der Waals surface area contributed by atoms with Crippen molar-refractivity contribution in [1.29, 1.82) is 0 Å². The molecule has 0 aliphatic heterocycles. The molecule has 4 aromatic rings. The van der Waals surface area contributed by atoms with Crippen LogP contribution in [-0.4, -0.2) is 74.8 Å². The van der Waals surface area contributed by atoms with E-state index in [0.717, 1.165) is 23.6 Å². The Morgan fingerprint density at radius 2 is 1.47 bits per heavy atom. The summed E-state index contributed by atoms with van der Waals surface area (Å²) < 4.78 is 67.2. The molecule has 0 spiro atoms. The molecule has 0 saturated heterocycles. The van der Waals surface area contributed by atoms with E-state index in [-0.39, 0.29) is 76.8 Å². The number of azo groups is 1. The summed E-state index contributed by atoms with van der Waals surface area (Å²) in [5.41, 5.74) is 0.0459. The maximum Gasteiger partial charge on any atom is 2.00 e. The molecule has 0 saturated carbocycles. The van der Waals surface area contributed by atoms with Gasteiger partial charge in [-0.25, -0.2) is 8.42 Å². The van der Waals surface area contributed by atoms with Crippen molar-refractivity contribution in [1.82, 2.24) is 0 Å². The van der Waals surface area contributed by atoms with Crippen molar-refractivity contribution < 1.29 is 31.0 Å². The molecule has 9 nitrogen and oxygen atoms in total. The van der Waals surface area contributed by atoms with Crippen molar-refractivity contribution in [2.45, 2.75) is 9.79 Å². The van der Waals surface area contributed by atoms with Gasteiger partial charge in [0.15, 0.2) is 0 Å². The average molecular weight is 594 g/mol. The van der Waals surface area contributed by atoms with Crippen LogP contribution in [0.1, 0.15) is 0 Å². The molecule has 158 valence electrons. The number of hydrogen-bond acceptors (Lipinski definition) is 8. The zero-order valence-corrected chi connectivity index (χ0v) is 22.2. The van der Waals surface area contributed by atoms with Crippen molar-refractivity contribution in [3.05, 3.63) is 66.7 Å². The van der Waals surface area contributed by atoms with Gasteiger partial charge < -0.3 is 9.66 Å². The molecular formula is C20H12BaN2O7S2. The summed E-state index contributed by atoms with van der Waals surface area (Å²) in [4.78, 5) is -1.30. The van der Waals surface area contributed by atoms with E-state index in [9.17, 15) is 31.0 Å². The van der Waals surface area contributed by atoms with Gasteiger partial charge in [-0.3, -0.25) is 4.55 Å². The monoisotopic (exact) mass is 594 g/mol. The largest absolute Gasteiger partial charge is 2.00 e. The Kier molecular flexibility index (Phi) is 7.14. The molecule has 0 atom stereocenters. The predicted octanol–water partition coefficient (Wildman–Crippen LogP) is 3.25. The van der Waals surface area contributed by atoms with Gasteiger partial charge in [0.2, 0.25) is 0 Å². The molecule has 0 amide bonds. The maximum atomic E-state index is 12.2. The first-order valence-corrected chi connectivity index (χ1v) is 11.5. The second-order valence-electron chi connectivity index (χ2n) is 6.59. The molecule has 1 N–H and O–H groups in total. The van der Waals surface area contributed by atoms with E-state index in [2.05, 4.69) is 10.2 Å². The molecule has 0 radical (unpaired) electrons. The van der Waals surface area contributed by atoms with E-state index in [1.54, 1.807) is 30.3 Å². The van der Waals surface area contributed by atoms with Gasteiger partial charge in [0.25, 0.3) is 10.1 Å². The molecule has 0 fully saturated rings. The second kappa shape index (κ2) is 9.21. The van der Waals surface area contributed by atoms with Crippen molar-refractivity contribution >= 4 is 102 Å². The zero-order valence-electron chi connectivity index (χ0n) is 16.2. The molecule has 0 aliphatic rings. The zero-order chi connectivity index (χ0) is 22.4. The van der Waals surface area contributed by atoms with Crippen LogP contribution >= 0.6 is 0 Å². The van der Waals surface area contributed by atoms with Crippen LogP contribution in [0.25, 0.3) is 21.5 Å². The first-order chi connectivity index (χ1) is 14.5. The van der Waals surface area contributed by atoms with Crippen LogP contribution in [0.4, 0.5) is 11.4 Å². The van der Waals surface area contributed by atoms with Crippen LogP contribution in [0.3, 0.4) is 0 Å².